The van der Waals surface area contributed by atoms with E-state index < -0.39 is 0 Å². The molecule has 2 aromatic heterocycles. The van der Waals surface area contributed by atoms with Crippen LogP contribution in [0.4, 0.5) is 5.82 Å². The first-order valence-corrected chi connectivity index (χ1v) is 10.7. The summed E-state index contributed by atoms with van der Waals surface area (Å²) in [6, 6.07) is 2.13. The average Bonchev–Trinajstić information content (AvgIpc) is 3.19. The van der Waals surface area contributed by atoms with Crippen molar-refractivity contribution in [2.24, 2.45) is 0 Å². The van der Waals surface area contributed by atoms with Crippen LogP contribution in [0.3, 0.4) is 0 Å². The number of aromatic nitrogens is 3. The number of likely N-dealkylation sites (tertiary alicyclic amines) is 1. The predicted octanol–water partition coefficient (Wildman–Crippen LogP) is 4.16. The Bertz CT molecular complexity index is 820. The van der Waals surface area contributed by atoms with Gasteiger partial charge in [0, 0.05) is 35.6 Å². The van der Waals surface area contributed by atoms with E-state index in [2.05, 4.69) is 25.2 Å². The molecule has 3 heterocycles. The van der Waals surface area contributed by atoms with Crippen LogP contribution in [0.15, 0.2) is 18.5 Å². The van der Waals surface area contributed by atoms with Crippen molar-refractivity contribution in [1.82, 2.24) is 19.9 Å². The van der Waals surface area contributed by atoms with Gasteiger partial charge in [0.1, 0.15) is 5.82 Å². The Balaban J connectivity index is 1.55. The average molecular weight is 422 g/mol. The first-order valence-electron chi connectivity index (χ1n) is 9.93. The third-order valence-corrected chi connectivity index (χ3v) is 6.13. The summed E-state index contributed by atoms with van der Waals surface area (Å²) >= 11 is 12.6. The zero-order valence-corrected chi connectivity index (χ0v) is 17.3. The van der Waals surface area contributed by atoms with Gasteiger partial charge in [0.05, 0.1) is 17.4 Å². The van der Waals surface area contributed by atoms with Crippen molar-refractivity contribution in [3.05, 3.63) is 34.3 Å². The summed E-state index contributed by atoms with van der Waals surface area (Å²) in [5.41, 5.74) is 2.55. The van der Waals surface area contributed by atoms with Crippen LogP contribution in [0.25, 0.3) is 11.3 Å². The molecule has 0 spiro atoms. The molecule has 2 N–H and O–H groups in total. The van der Waals surface area contributed by atoms with Crippen molar-refractivity contribution in [3.63, 3.8) is 0 Å². The fourth-order valence-corrected chi connectivity index (χ4v) is 4.32. The summed E-state index contributed by atoms with van der Waals surface area (Å²) in [4.78, 5) is 15.6. The maximum atomic E-state index is 9.73. The van der Waals surface area contributed by atoms with Crippen LogP contribution in [-0.2, 0) is 6.54 Å². The molecule has 2 aliphatic rings. The van der Waals surface area contributed by atoms with Gasteiger partial charge in [-0.15, -0.1) is 0 Å². The molecular formula is C20H25Cl2N5O. The molecule has 8 heteroatoms. The highest BCUT2D eigenvalue weighted by molar-refractivity contribution is 6.31. The Morgan fingerprint density at radius 1 is 1.07 bits per heavy atom. The zero-order valence-electron chi connectivity index (χ0n) is 15.7. The first-order chi connectivity index (χ1) is 13.6. The standard InChI is InChI=1S/C20H25Cl2N5O/c21-17-9-18(23-10-13(17)12-27-7-1-2-8-27)16-11-24-20(22)26-19(16)25-14-3-5-15(28)6-4-14/h9-11,14-15,28H,1-8,12H2,(H,24,25,26). The number of rotatable bonds is 5. The van der Waals surface area contributed by atoms with E-state index in [1.54, 1.807) is 6.20 Å². The fraction of sp³-hybridized carbons (Fsp3) is 0.550. The van der Waals surface area contributed by atoms with Crippen molar-refractivity contribution >= 4 is 29.0 Å². The SMILES string of the molecule is OC1CCC(Nc2nc(Cl)ncc2-c2cc(Cl)c(CN3CCCC3)cn2)CC1. The van der Waals surface area contributed by atoms with E-state index in [1.807, 2.05) is 12.3 Å². The maximum absolute atomic E-state index is 9.73. The minimum atomic E-state index is -0.199. The van der Waals surface area contributed by atoms with Gasteiger partial charge in [-0.1, -0.05) is 11.6 Å². The number of anilines is 1. The highest BCUT2D eigenvalue weighted by Gasteiger charge is 2.22. The number of nitrogens with zero attached hydrogens (tertiary/aromatic N) is 4. The molecule has 150 valence electrons. The molecule has 0 amide bonds. The molecule has 0 radical (unpaired) electrons. The van der Waals surface area contributed by atoms with Gasteiger partial charge >= 0.3 is 0 Å². The smallest absolute Gasteiger partial charge is 0.224 e. The predicted molar refractivity (Wildman–Crippen MR) is 112 cm³/mol. The van der Waals surface area contributed by atoms with Gasteiger partial charge in [-0.2, -0.15) is 0 Å². The molecule has 2 aromatic rings. The Morgan fingerprint density at radius 3 is 2.54 bits per heavy atom. The van der Waals surface area contributed by atoms with E-state index in [9.17, 15) is 5.11 Å². The van der Waals surface area contributed by atoms with Gasteiger partial charge in [-0.05, 0) is 69.3 Å². The van der Waals surface area contributed by atoms with Crippen molar-refractivity contribution in [1.29, 1.82) is 0 Å². The van der Waals surface area contributed by atoms with Crippen LogP contribution in [0, 0.1) is 0 Å². The van der Waals surface area contributed by atoms with E-state index in [0.717, 1.165) is 62.1 Å². The van der Waals surface area contributed by atoms with Crippen LogP contribution in [0.1, 0.15) is 44.1 Å². The molecule has 28 heavy (non-hydrogen) atoms. The number of aliphatic hydroxyl groups excluding tert-OH is 1. The summed E-state index contributed by atoms with van der Waals surface area (Å²) in [6.07, 6.45) is 9.21. The van der Waals surface area contributed by atoms with Crippen molar-refractivity contribution in [3.8, 4) is 11.3 Å². The third-order valence-electron chi connectivity index (χ3n) is 5.60. The summed E-state index contributed by atoms with van der Waals surface area (Å²) in [6.45, 7) is 3.07. The van der Waals surface area contributed by atoms with Gasteiger partial charge < -0.3 is 10.4 Å². The van der Waals surface area contributed by atoms with Gasteiger partial charge in [-0.3, -0.25) is 9.88 Å². The lowest BCUT2D eigenvalue weighted by molar-refractivity contribution is 0.126. The first kappa shape index (κ1) is 19.8. The molecule has 0 unspecified atom stereocenters. The molecule has 0 aromatic carbocycles. The lowest BCUT2D eigenvalue weighted by Gasteiger charge is -2.27. The largest absolute Gasteiger partial charge is 0.393 e. The van der Waals surface area contributed by atoms with Crippen LogP contribution in [0.2, 0.25) is 10.3 Å². The van der Waals surface area contributed by atoms with Crippen LogP contribution < -0.4 is 5.32 Å². The number of nitrogens with one attached hydrogen (secondary N) is 1. The second-order valence-corrected chi connectivity index (χ2v) is 8.44. The van der Waals surface area contributed by atoms with Crippen molar-refractivity contribution in [2.45, 2.75) is 57.2 Å². The van der Waals surface area contributed by atoms with E-state index in [4.69, 9.17) is 23.2 Å². The molecule has 0 atom stereocenters. The molecule has 6 nitrogen and oxygen atoms in total. The second-order valence-electron chi connectivity index (χ2n) is 7.70. The van der Waals surface area contributed by atoms with Gasteiger partial charge in [0.15, 0.2) is 0 Å². The topological polar surface area (TPSA) is 74.2 Å². The van der Waals surface area contributed by atoms with Crippen molar-refractivity contribution in [2.75, 3.05) is 18.4 Å². The number of aliphatic hydroxyl groups is 1. The summed E-state index contributed by atoms with van der Waals surface area (Å²) in [5.74, 6) is 0.664. The number of hydrogen-bond acceptors (Lipinski definition) is 6. The van der Waals surface area contributed by atoms with E-state index in [0.29, 0.717) is 10.8 Å². The molecule has 1 aliphatic heterocycles. The van der Waals surface area contributed by atoms with Crippen molar-refractivity contribution < 1.29 is 5.11 Å². The monoisotopic (exact) mass is 421 g/mol. The molecule has 4 rings (SSSR count). The number of halogens is 2. The fourth-order valence-electron chi connectivity index (χ4n) is 3.98. The molecule has 1 aliphatic carbocycles. The lowest BCUT2D eigenvalue weighted by atomic mass is 9.93. The van der Waals surface area contributed by atoms with Gasteiger partial charge in [0.25, 0.3) is 0 Å². The Labute approximate surface area is 175 Å². The lowest BCUT2D eigenvalue weighted by Crippen LogP contribution is -2.28. The summed E-state index contributed by atoms with van der Waals surface area (Å²) in [7, 11) is 0. The number of hydrogen-bond donors (Lipinski definition) is 2. The minimum absolute atomic E-state index is 0.193. The highest BCUT2D eigenvalue weighted by atomic mass is 35.5. The molecule has 1 saturated carbocycles. The third kappa shape index (κ3) is 4.74. The zero-order chi connectivity index (χ0) is 19.5. The second kappa shape index (κ2) is 8.91. The Kier molecular flexibility index (Phi) is 6.31. The van der Waals surface area contributed by atoms with Crippen LogP contribution in [-0.4, -0.2) is 50.2 Å². The molecule has 0 bridgehead atoms. The molecular weight excluding hydrogens is 397 g/mol. The van der Waals surface area contributed by atoms with E-state index >= 15 is 0 Å². The Morgan fingerprint density at radius 2 is 1.82 bits per heavy atom. The minimum Gasteiger partial charge on any atom is -0.393 e. The highest BCUT2D eigenvalue weighted by Crippen LogP contribution is 2.31. The summed E-state index contributed by atoms with van der Waals surface area (Å²) in [5, 5.41) is 14.1. The quantitative estimate of drug-likeness (QED) is 0.705. The normalized spacial score (nSPS) is 23.1. The molecule has 2 fully saturated rings. The van der Waals surface area contributed by atoms with Gasteiger partial charge in [0.2, 0.25) is 5.28 Å². The van der Waals surface area contributed by atoms with Gasteiger partial charge in [-0.25, -0.2) is 9.97 Å². The van der Waals surface area contributed by atoms with E-state index in [1.165, 1.54) is 12.8 Å². The van der Waals surface area contributed by atoms with Crippen LogP contribution >= 0.6 is 23.2 Å². The molecule has 1 saturated heterocycles. The summed E-state index contributed by atoms with van der Waals surface area (Å²) < 4.78 is 0. The van der Waals surface area contributed by atoms with Crippen LogP contribution in [0.5, 0.6) is 0 Å². The Hall–Kier alpha value is -1.47. The maximum Gasteiger partial charge on any atom is 0.224 e. The number of pyridine rings is 1. The van der Waals surface area contributed by atoms with E-state index in [-0.39, 0.29) is 17.4 Å².